The van der Waals surface area contributed by atoms with Crippen molar-refractivity contribution >= 4 is 0 Å². The summed E-state index contributed by atoms with van der Waals surface area (Å²) in [6.07, 6.45) is 0. The van der Waals surface area contributed by atoms with Crippen LogP contribution in [0.5, 0.6) is 0 Å². The molecule has 0 atom stereocenters. The fraction of sp³-hybridized carbons (Fsp3) is 0.500. The van der Waals surface area contributed by atoms with Gasteiger partial charge in [-0.25, -0.2) is 0 Å². The molecule has 0 N–H and O–H groups in total. The molecule has 0 aromatic heterocycles. The second-order valence-electron chi connectivity index (χ2n) is 3.75. The fourth-order valence-electron chi connectivity index (χ4n) is 1.69. The van der Waals surface area contributed by atoms with Gasteiger partial charge in [-0.15, -0.1) is 0 Å². The van der Waals surface area contributed by atoms with Gasteiger partial charge in [-0.1, -0.05) is 0 Å². The summed E-state index contributed by atoms with van der Waals surface area (Å²) < 4.78 is 0. The van der Waals surface area contributed by atoms with Crippen molar-refractivity contribution in [2.75, 3.05) is 0 Å². The van der Waals surface area contributed by atoms with E-state index in [4.69, 9.17) is 0 Å². The average Bonchev–Trinajstić information content (AvgIpc) is 2.08. The van der Waals surface area contributed by atoms with Gasteiger partial charge in [-0.2, -0.15) is 0 Å². The molecule has 0 unspecified atom stereocenters. The Morgan fingerprint density at radius 3 is 0.538 bits per heavy atom. The Morgan fingerprint density at radius 1 is 0.385 bits per heavy atom. The van der Waals surface area contributed by atoms with Crippen molar-refractivity contribution in [2.24, 2.45) is 0 Å². The van der Waals surface area contributed by atoms with E-state index < -0.39 is 0 Å². The molecule has 0 spiro atoms. The van der Waals surface area contributed by atoms with Gasteiger partial charge < -0.3 is 0 Å². The summed E-state index contributed by atoms with van der Waals surface area (Å²) in [5.41, 5.74) is 8.73. The van der Waals surface area contributed by atoms with E-state index in [2.05, 4.69) is 41.5 Å². The Balaban J connectivity index is 0.00000144. The van der Waals surface area contributed by atoms with Gasteiger partial charge in [-0.3, -0.25) is 0 Å². The zero-order valence-electron chi connectivity index (χ0n) is 9.35. The van der Waals surface area contributed by atoms with E-state index in [1.54, 1.807) is 0 Å². The van der Waals surface area contributed by atoms with Crippen molar-refractivity contribution in [1.29, 1.82) is 0 Å². The maximum Gasteiger partial charge on any atom is 0 e. The van der Waals surface area contributed by atoms with Crippen LogP contribution in [0, 0.1) is 41.5 Å². The molecule has 0 fully saturated rings. The van der Waals surface area contributed by atoms with Crippen LogP contribution in [-0.2, 0) is 19.5 Å². The Hall–Kier alpha value is -0.157. The molecule has 0 heterocycles. The van der Waals surface area contributed by atoms with E-state index in [9.17, 15) is 0 Å². The van der Waals surface area contributed by atoms with Crippen molar-refractivity contribution in [3.8, 4) is 0 Å². The van der Waals surface area contributed by atoms with Crippen molar-refractivity contribution < 1.29 is 19.5 Å². The molecule has 0 aliphatic carbocycles. The van der Waals surface area contributed by atoms with E-state index >= 15 is 0 Å². The Kier molecular flexibility index (Phi) is 4.32. The van der Waals surface area contributed by atoms with E-state index in [1.807, 2.05) is 0 Å². The third-order valence-electron chi connectivity index (χ3n) is 3.38. The number of hydrogen-bond donors (Lipinski definition) is 0. The van der Waals surface area contributed by atoms with Gasteiger partial charge in [0.05, 0.1) is 0 Å². The summed E-state index contributed by atoms with van der Waals surface area (Å²) in [7, 11) is 0. The van der Waals surface area contributed by atoms with E-state index in [-0.39, 0.29) is 19.5 Å². The Labute approximate surface area is 94.5 Å². The van der Waals surface area contributed by atoms with Crippen LogP contribution in [0.25, 0.3) is 0 Å². The second kappa shape index (κ2) is 4.37. The van der Waals surface area contributed by atoms with E-state index in [1.165, 1.54) is 33.4 Å². The largest absolute Gasteiger partial charge is 0.0447 e. The molecule has 0 bridgehead atoms. The van der Waals surface area contributed by atoms with E-state index in [0.29, 0.717) is 0 Å². The second-order valence-corrected chi connectivity index (χ2v) is 3.75. The molecular weight excluding hydrogens is 245 g/mol. The van der Waals surface area contributed by atoms with Gasteiger partial charge in [0, 0.05) is 19.5 Å². The van der Waals surface area contributed by atoms with E-state index in [0.717, 1.165) is 0 Å². The quantitative estimate of drug-likeness (QED) is 0.628. The van der Waals surface area contributed by atoms with Crippen LogP contribution in [0.1, 0.15) is 33.4 Å². The SMILES string of the molecule is Cc1c(C)c(C)c(C)c(C)c1C.[Ru]. The first-order chi connectivity index (χ1) is 5.46. The molecule has 0 amide bonds. The number of benzene rings is 1. The summed E-state index contributed by atoms with van der Waals surface area (Å²) in [5.74, 6) is 0. The topological polar surface area (TPSA) is 0 Å². The molecule has 0 aliphatic rings. The molecule has 1 aromatic rings. The van der Waals surface area contributed by atoms with Gasteiger partial charge in [-0.05, 0) is 74.9 Å². The first-order valence-corrected chi connectivity index (χ1v) is 4.50. The first-order valence-electron chi connectivity index (χ1n) is 4.50. The van der Waals surface area contributed by atoms with Crippen LogP contribution < -0.4 is 0 Å². The zero-order valence-corrected chi connectivity index (χ0v) is 11.1. The maximum atomic E-state index is 2.21. The van der Waals surface area contributed by atoms with Gasteiger partial charge in [0.25, 0.3) is 0 Å². The molecule has 1 heteroatoms. The summed E-state index contributed by atoms with van der Waals surface area (Å²) >= 11 is 0. The summed E-state index contributed by atoms with van der Waals surface area (Å²) in [6.45, 7) is 13.3. The standard InChI is InChI=1S/C12H18.Ru/c1-7-8(2)10(4)12(6)11(5)9(7)3;/h1-6H3;. The van der Waals surface area contributed by atoms with Crippen LogP contribution in [0.4, 0.5) is 0 Å². The van der Waals surface area contributed by atoms with Crippen LogP contribution >= 0.6 is 0 Å². The van der Waals surface area contributed by atoms with Crippen LogP contribution in [-0.4, -0.2) is 0 Å². The Morgan fingerprint density at radius 2 is 0.462 bits per heavy atom. The van der Waals surface area contributed by atoms with Crippen molar-refractivity contribution in [2.45, 2.75) is 41.5 Å². The molecule has 0 saturated carbocycles. The fourth-order valence-corrected chi connectivity index (χ4v) is 1.69. The summed E-state index contributed by atoms with van der Waals surface area (Å²) in [5, 5.41) is 0. The predicted octanol–water partition coefficient (Wildman–Crippen LogP) is 3.53. The minimum atomic E-state index is 0. The molecule has 0 nitrogen and oxygen atoms in total. The summed E-state index contributed by atoms with van der Waals surface area (Å²) in [6, 6.07) is 0. The molecule has 1 aromatic carbocycles. The Bertz CT molecular complexity index is 219. The third kappa shape index (κ3) is 2.02. The zero-order chi connectivity index (χ0) is 9.46. The molecule has 0 radical (unpaired) electrons. The molecular formula is C12H18Ru. The van der Waals surface area contributed by atoms with Crippen LogP contribution in [0.3, 0.4) is 0 Å². The minimum absolute atomic E-state index is 0. The minimum Gasteiger partial charge on any atom is -0.0447 e. The van der Waals surface area contributed by atoms with Gasteiger partial charge in [0.2, 0.25) is 0 Å². The average molecular weight is 263 g/mol. The molecule has 0 saturated heterocycles. The van der Waals surface area contributed by atoms with Gasteiger partial charge >= 0.3 is 0 Å². The predicted molar refractivity (Wildman–Crippen MR) is 54.9 cm³/mol. The summed E-state index contributed by atoms with van der Waals surface area (Å²) in [4.78, 5) is 0. The number of rotatable bonds is 0. The van der Waals surface area contributed by atoms with Crippen molar-refractivity contribution in [3.05, 3.63) is 33.4 Å². The van der Waals surface area contributed by atoms with Crippen molar-refractivity contribution in [1.82, 2.24) is 0 Å². The molecule has 1 rings (SSSR count). The molecule has 0 aliphatic heterocycles. The molecule has 13 heavy (non-hydrogen) atoms. The van der Waals surface area contributed by atoms with Gasteiger partial charge in [0.15, 0.2) is 0 Å². The van der Waals surface area contributed by atoms with Gasteiger partial charge in [0.1, 0.15) is 0 Å². The smallest absolute Gasteiger partial charge is 0 e. The first kappa shape index (κ1) is 12.8. The monoisotopic (exact) mass is 264 g/mol. The van der Waals surface area contributed by atoms with Crippen LogP contribution in [0.15, 0.2) is 0 Å². The third-order valence-corrected chi connectivity index (χ3v) is 3.38. The van der Waals surface area contributed by atoms with Crippen molar-refractivity contribution in [3.63, 3.8) is 0 Å². The molecule has 74 valence electrons. The normalized spacial score (nSPS) is 9.69. The maximum absolute atomic E-state index is 2.21. The van der Waals surface area contributed by atoms with Crippen LogP contribution in [0.2, 0.25) is 0 Å². The number of hydrogen-bond acceptors (Lipinski definition) is 0.